The summed E-state index contributed by atoms with van der Waals surface area (Å²) in [4.78, 5) is 7.80. The molecule has 9 heteroatoms. The van der Waals surface area contributed by atoms with Crippen LogP contribution in [0.5, 0.6) is 0 Å². The summed E-state index contributed by atoms with van der Waals surface area (Å²) in [6.45, 7) is 0.286. The van der Waals surface area contributed by atoms with Crippen molar-refractivity contribution in [2.75, 3.05) is 0 Å². The van der Waals surface area contributed by atoms with E-state index in [4.69, 9.17) is 5.73 Å². The van der Waals surface area contributed by atoms with Crippen LogP contribution in [-0.2, 0) is 23.6 Å². The molecule has 0 unspecified atom stereocenters. The zero-order chi connectivity index (χ0) is 14.6. The SMILES string of the molecule is Cn1cnc(S(=O)(=O)N=C(N)NCc2ccccn2)c1. The van der Waals surface area contributed by atoms with Crippen LogP contribution >= 0.6 is 0 Å². The molecule has 2 aromatic heterocycles. The fourth-order valence-electron chi connectivity index (χ4n) is 1.41. The highest BCUT2D eigenvalue weighted by Crippen LogP contribution is 2.07. The number of aromatic nitrogens is 3. The third-order valence-electron chi connectivity index (χ3n) is 2.34. The molecule has 0 saturated heterocycles. The third-order valence-corrected chi connectivity index (χ3v) is 3.52. The van der Waals surface area contributed by atoms with Gasteiger partial charge in [-0.15, -0.1) is 4.40 Å². The van der Waals surface area contributed by atoms with E-state index in [-0.39, 0.29) is 17.5 Å². The average molecular weight is 294 g/mol. The van der Waals surface area contributed by atoms with Gasteiger partial charge in [0.25, 0.3) is 0 Å². The van der Waals surface area contributed by atoms with E-state index in [2.05, 4.69) is 19.7 Å². The number of imidazole rings is 1. The quantitative estimate of drug-likeness (QED) is 0.586. The van der Waals surface area contributed by atoms with E-state index >= 15 is 0 Å². The Morgan fingerprint density at radius 2 is 2.25 bits per heavy atom. The van der Waals surface area contributed by atoms with Crippen LogP contribution in [0.2, 0.25) is 0 Å². The van der Waals surface area contributed by atoms with Gasteiger partial charge in [-0.1, -0.05) is 6.07 Å². The molecule has 0 aliphatic carbocycles. The van der Waals surface area contributed by atoms with Crippen molar-refractivity contribution in [3.05, 3.63) is 42.6 Å². The summed E-state index contributed by atoms with van der Waals surface area (Å²) < 4.78 is 28.7. The zero-order valence-electron chi connectivity index (χ0n) is 10.8. The predicted molar refractivity (Wildman–Crippen MR) is 73.1 cm³/mol. The molecule has 20 heavy (non-hydrogen) atoms. The van der Waals surface area contributed by atoms with Gasteiger partial charge in [-0.2, -0.15) is 8.42 Å². The van der Waals surface area contributed by atoms with Crippen LogP contribution in [0, 0.1) is 0 Å². The van der Waals surface area contributed by atoms with Gasteiger partial charge >= 0.3 is 10.0 Å². The molecule has 2 aromatic rings. The number of nitrogens with two attached hydrogens (primary N) is 1. The molecule has 0 aliphatic heterocycles. The first-order valence-electron chi connectivity index (χ1n) is 5.69. The molecule has 0 spiro atoms. The molecular weight excluding hydrogens is 280 g/mol. The summed E-state index contributed by atoms with van der Waals surface area (Å²) in [5, 5.41) is 2.53. The van der Waals surface area contributed by atoms with Crippen LogP contribution in [0.4, 0.5) is 0 Å². The van der Waals surface area contributed by atoms with Crippen LogP contribution in [0.25, 0.3) is 0 Å². The molecule has 0 saturated carbocycles. The van der Waals surface area contributed by atoms with Gasteiger partial charge in [0.2, 0.25) is 5.96 Å². The van der Waals surface area contributed by atoms with E-state index in [0.29, 0.717) is 0 Å². The van der Waals surface area contributed by atoms with E-state index in [0.717, 1.165) is 5.69 Å². The van der Waals surface area contributed by atoms with Crippen molar-refractivity contribution in [1.29, 1.82) is 0 Å². The second kappa shape index (κ2) is 5.70. The lowest BCUT2D eigenvalue weighted by atomic mass is 10.3. The molecule has 0 radical (unpaired) electrons. The number of hydrogen-bond donors (Lipinski definition) is 2. The van der Waals surface area contributed by atoms with Crippen LogP contribution in [0.15, 0.2) is 46.3 Å². The van der Waals surface area contributed by atoms with Crippen molar-refractivity contribution >= 4 is 16.0 Å². The van der Waals surface area contributed by atoms with Gasteiger partial charge in [0, 0.05) is 19.4 Å². The highest BCUT2D eigenvalue weighted by atomic mass is 32.2. The summed E-state index contributed by atoms with van der Waals surface area (Å²) >= 11 is 0. The predicted octanol–water partition coefficient (Wildman–Crippen LogP) is -0.392. The number of pyridine rings is 1. The van der Waals surface area contributed by atoms with Gasteiger partial charge in [-0.25, -0.2) is 4.98 Å². The zero-order valence-corrected chi connectivity index (χ0v) is 11.6. The summed E-state index contributed by atoms with van der Waals surface area (Å²) in [5.41, 5.74) is 6.27. The lowest BCUT2D eigenvalue weighted by molar-refractivity contribution is 0.594. The number of nitrogens with zero attached hydrogens (tertiary/aromatic N) is 4. The van der Waals surface area contributed by atoms with Gasteiger partial charge in [0.05, 0.1) is 18.6 Å². The Hall–Kier alpha value is -2.42. The molecule has 0 bridgehead atoms. The first-order valence-corrected chi connectivity index (χ1v) is 7.13. The smallest absolute Gasteiger partial charge is 0.304 e. The van der Waals surface area contributed by atoms with Crippen LogP contribution in [0.1, 0.15) is 5.69 Å². The van der Waals surface area contributed by atoms with Crippen molar-refractivity contribution in [2.24, 2.45) is 17.2 Å². The second-order valence-corrected chi connectivity index (χ2v) is 5.55. The summed E-state index contributed by atoms with van der Waals surface area (Å²) in [5.74, 6) is -0.207. The van der Waals surface area contributed by atoms with Crippen molar-refractivity contribution in [1.82, 2.24) is 19.9 Å². The van der Waals surface area contributed by atoms with Crippen LogP contribution in [0.3, 0.4) is 0 Å². The Balaban J connectivity index is 2.06. The van der Waals surface area contributed by atoms with Crippen LogP contribution in [-0.4, -0.2) is 28.9 Å². The maximum absolute atomic E-state index is 11.9. The Labute approximate surface area is 116 Å². The monoisotopic (exact) mass is 294 g/mol. The highest BCUT2D eigenvalue weighted by molar-refractivity contribution is 7.90. The molecule has 3 N–H and O–H groups in total. The third kappa shape index (κ3) is 3.54. The average Bonchev–Trinajstić information content (AvgIpc) is 2.85. The van der Waals surface area contributed by atoms with Gasteiger partial charge in [-0.3, -0.25) is 4.98 Å². The topological polar surface area (TPSA) is 115 Å². The Bertz CT molecular complexity index is 708. The molecule has 0 atom stereocenters. The number of sulfonamides is 1. The first kappa shape index (κ1) is 14.0. The summed E-state index contributed by atoms with van der Waals surface area (Å²) in [6, 6.07) is 5.39. The Morgan fingerprint density at radius 3 is 2.85 bits per heavy atom. The number of aryl methyl sites for hydroxylation is 1. The number of rotatable bonds is 4. The molecule has 8 nitrogen and oxygen atoms in total. The first-order chi connectivity index (χ1) is 9.47. The van der Waals surface area contributed by atoms with Crippen molar-refractivity contribution in [2.45, 2.75) is 11.6 Å². The highest BCUT2D eigenvalue weighted by Gasteiger charge is 2.16. The Morgan fingerprint density at radius 1 is 1.45 bits per heavy atom. The summed E-state index contributed by atoms with van der Waals surface area (Å²) in [6.07, 6.45) is 4.36. The molecular formula is C11H14N6O2S. The minimum Gasteiger partial charge on any atom is -0.369 e. The standard InChI is InChI=1S/C11H14N6O2S/c1-17-7-10(15-8-17)20(18,19)16-11(12)14-6-9-4-2-3-5-13-9/h2-5,7-8H,6H2,1H3,(H3,12,14,16). The van der Waals surface area contributed by atoms with E-state index < -0.39 is 10.0 Å². The number of nitrogens with one attached hydrogen (secondary N) is 1. The lowest BCUT2D eigenvalue weighted by Crippen LogP contribution is -2.32. The largest absolute Gasteiger partial charge is 0.369 e. The molecule has 0 amide bonds. The van der Waals surface area contributed by atoms with E-state index in [1.165, 1.54) is 17.1 Å². The Kier molecular flexibility index (Phi) is 3.99. The fraction of sp³-hybridized carbons (Fsp3) is 0.182. The van der Waals surface area contributed by atoms with Crippen molar-refractivity contribution in [3.8, 4) is 0 Å². The van der Waals surface area contributed by atoms with Gasteiger partial charge < -0.3 is 15.6 Å². The number of hydrogen-bond acceptors (Lipinski definition) is 4. The van der Waals surface area contributed by atoms with Crippen molar-refractivity contribution < 1.29 is 8.42 Å². The number of guanidine groups is 1. The molecule has 0 aliphatic rings. The molecule has 2 heterocycles. The molecule has 0 aromatic carbocycles. The summed E-state index contributed by atoms with van der Waals surface area (Å²) in [7, 11) is -2.23. The maximum atomic E-state index is 11.9. The van der Waals surface area contributed by atoms with Crippen LogP contribution < -0.4 is 11.1 Å². The van der Waals surface area contributed by atoms with Gasteiger partial charge in [0.15, 0.2) is 5.03 Å². The molecule has 2 rings (SSSR count). The fourth-order valence-corrected chi connectivity index (χ4v) is 2.31. The maximum Gasteiger partial charge on any atom is 0.304 e. The lowest BCUT2D eigenvalue weighted by Gasteiger charge is -2.04. The molecule has 106 valence electrons. The van der Waals surface area contributed by atoms with E-state index in [9.17, 15) is 8.42 Å². The van der Waals surface area contributed by atoms with Crippen molar-refractivity contribution in [3.63, 3.8) is 0 Å². The van der Waals surface area contributed by atoms with E-state index in [1.54, 1.807) is 25.4 Å². The second-order valence-electron chi connectivity index (χ2n) is 4.00. The minimum absolute atomic E-state index is 0.150. The minimum atomic E-state index is -3.89. The molecule has 0 fully saturated rings. The van der Waals surface area contributed by atoms with Gasteiger partial charge in [0.1, 0.15) is 0 Å². The van der Waals surface area contributed by atoms with Gasteiger partial charge in [-0.05, 0) is 12.1 Å². The van der Waals surface area contributed by atoms with E-state index in [1.807, 2.05) is 6.07 Å². The normalized spacial score (nSPS) is 12.3.